The maximum absolute atomic E-state index is 13.2. The zero-order chi connectivity index (χ0) is 15.4. The third-order valence-electron chi connectivity index (χ3n) is 3.69. The molecule has 1 aliphatic rings. The lowest BCUT2D eigenvalue weighted by Gasteiger charge is -2.22. The number of nitrogens with zero attached hydrogens (tertiary/aromatic N) is 1. The van der Waals surface area contributed by atoms with Gasteiger partial charge in [0.05, 0.1) is 17.9 Å². The number of anilines is 2. The van der Waals surface area contributed by atoms with Crippen molar-refractivity contribution in [2.24, 2.45) is 5.92 Å². The van der Waals surface area contributed by atoms with Crippen molar-refractivity contribution in [1.82, 2.24) is 4.90 Å². The SMILES string of the molecule is CC(C)CCN(CC(=O)Nc1cc(F)ccc1N)C1CC1. The number of nitrogen functional groups attached to an aromatic ring is 1. The number of hydrogen-bond donors (Lipinski definition) is 2. The maximum atomic E-state index is 13.2. The summed E-state index contributed by atoms with van der Waals surface area (Å²) in [7, 11) is 0. The van der Waals surface area contributed by atoms with Crippen LogP contribution in [-0.4, -0.2) is 29.9 Å². The Balaban J connectivity index is 1.91. The summed E-state index contributed by atoms with van der Waals surface area (Å²) in [6.45, 7) is 5.62. The largest absolute Gasteiger partial charge is 0.397 e. The quantitative estimate of drug-likeness (QED) is 0.760. The Hall–Kier alpha value is -1.62. The highest BCUT2D eigenvalue weighted by Gasteiger charge is 2.30. The second-order valence-corrected chi connectivity index (χ2v) is 6.16. The van der Waals surface area contributed by atoms with Gasteiger partial charge in [-0.3, -0.25) is 9.69 Å². The van der Waals surface area contributed by atoms with Crippen molar-refractivity contribution in [3.8, 4) is 0 Å². The van der Waals surface area contributed by atoms with Crippen molar-refractivity contribution < 1.29 is 9.18 Å². The molecule has 0 saturated heterocycles. The summed E-state index contributed by atoms with van der Waals surface area (Å²) in [5.74, 6) is 0.0782. The molecule has 0 radical (unpaired) electrons. The summed E-state index contributed by atoms with van der Waals surface area (Å²) in [6, 6.07) is 4.52. The number of halogens is 1. The van der Waals surface area contributed by atoms with E-state index >= 15 is 0 Å². The van der Waals surface area contributed by atoms with Gasteiger partial charge in [0.15, 0.2) is 0 Å². The molecule has 5 heteroatoms. The molecule has 1 aliphatic carbocycles. The lowest BCUT2D eigenvalue weighted by atomic mass is 10.1. The van der Waals surface area contributed by atoms with Crippen LogP contribution in [0.2, 0.25) is 0 Å². The first kappa shape index (κ1) is 15.8. The van der Waals surface area contributed by atoms with E-state index in [4.69, 9.17) is 5.73 Å². The predicted molar refractivity (Wildman–Crippen MR) is 83.5 cm³/mol. The molecule has 0 bridgehead atoms. The molecule has 0 aliphatic heterocycles. The number of amides is 1. The molecule has 1 aromatic carbocycles. The van der Waals surface area contributed by atoms with Crippen LogP contribution in [0.25, 0.3) is 0 Å². The summed E-state index contributed by atoms with van der Waals surface area (Å²) in [5.41, 5.74) is 6.47. The van der Waals surface area contributed by atoms with Gasteiger partial charge < -0.3 is 11.1 Å². The van der Waals surface area contributed by atoms with E-state index < -0.39 is 5.82 Å². The summed E-state index contributed by atoms with van der Waals surface area (Å²) < 4.78 is 13.2. The Morgan fingerprint density at radius 1 is 1.48 bits per heavy atom. The van der Waals surface area contributed by atoms with E-state index in [1.165, 1.54) is 18.2 Å². The Bertz CT molecular complexity index is 500. The third-order valence-corrected chi connectivity index (χ3v) is 3.69. The summed E-state index contributed by atoms with van der Waals surface area (Å²) >= 11 is 0. The first-order chi connectivity index (χ1) is 9.95. The van der Waals surface area contributed by atoms with E-state index in [-0.39, 0.29) is 5.91 Å². The zero-order valence-electron chi connectivity index (χ0n) is 12.7. The summed E-state index contributed by atoms with van der Waals surface area (Å²) in [6.07, 6.45) is 3.40. The van der Waals surface area contributed by atoms with Gasteiger partial charge in [-0.15, -0.1) is 0 Å². The molecule has 1 saturated carbocycles. The van der Waals surface area contributed by atoms with Crippen molar-refractivity contribution >= 4 is 17.3 Å². The van der Waals surface area contributed by atoms with Crippen LogP contribution in [-0.2, 0) is 4.79 Å². The number of rotatable bonds is 7. The standard InChI is InChI=1S/C16H24FN3O/c1-11(2)7-8-20(13-4-5-13)10-16(21)19-15-9-12(17)3-6-14(15)18/h3,6,9,11,13H,4-5,7-8,10,18H2,1-2H3,(H,19,21). The fraction of sp³-hybridized carbons (Fsp3) is 0.562. The lowest BCUT2D eigenvalue weighted by Crippen LogP contribution is -2.36. The van der Waals surface area contributed by atoms with E-state index in [1.807, 2.05) is 0 Å². The van der Waals surface area contributed by atoms with Gasteiger partial charge in [-0.1, -0.05) is 13.8 Å². The van der Waals surface area contributed by atoms with Crippen LogP contribution in [0.15, 0.2) is 18.2 Å². The van der Waals surface area contributed by atoms with Crippen molar-refractivity contribution in [3.05, 3.63) is 24.0 Å². The van der Waals surface area contributed by atoms with E-state index in [9.17, 15) is 9.18 Å². The van der Waals surface area contributed by atoms with Crippen molar-refractivity contribution in [1.29, 1.82) is 0 Å². The van der Waals surface area contributed by atoms with E-state index in [0.29, 0.717) is 29.9 Å². The van der Waals surface area contributed by atoms with Gasteiger partial charge in [0, 0.05) is 6.04 Å². The van der Waals surface area contributed by atoms with Crippen molar-refractivity contribution in [3.63, 3.8) is 0 Å². The molecule has 0 heterocycles. The van der Waals surface area contributed by atoms with E-state index in [1.54, 1.807) is 0 Å². The highest BCUT2D eigenvalue weighted by Crippen LogP contribution is 2.27. The minimum Gasteiger partial charge on any atom is -0.397 e. The van der Waals surface area contributed by atoms with Crippen LogP contribution in [0.4, 0.5) is 15.8 Å². The minimum absolute atomic E-state index is 0.136. The first-order valence-electron chi connectivity index (χ1n) is 7.54. The number of carbonyl (C=O) groups excluding carboxylic acids is 1. The number of nitrogens with one attached hydrogen (secondary N) is 1. The Kier molecular flexibility index (Phi) is 5.17. The van der Waals surface area contributed by atoms with E-state index in [0.717, 1.165) is 25.8 Å². The molecule has 0 aromatic heterocycles. The number of hydrogen-bond acceptors (Lipinski definition) is 3. The van der Waals surface area contributed by atoms with Gasteiger partial charge >= 0.3 is 0 Å². The molecule has 3 N–H and O–H groups in total. The molecule has 0 atom stereocenters. The van der Waals surface area contributed by atoms with Crippen LogP contribution in [0, 0.1) is 11.7 Å². The summed E-state index contributed by atoms with van der Waals surface area (Å²) in [4.78, 5) is 14.3. The number of nitrogens with two attached hydrogens (primary N) is 1. The Morgan fingerprint density at radius 3 is 2.81 bits per heavy atom. The fourth-order valence-corrected chi connectivity index (χ4v) is 2.27. The van der Waals surface area contributed by atoms with E-state index in [2.05, 4.69) is 24.1 Å². The van der Waals surface area contributed by atoms with Crippen LogP contribution in [0.5, 0.6) is 0 Å². The van der Waals surface area contributed by atoms with Crippen molar-refractivity contribution in [2.45, 2.75) is 39.2 Å². The second kappa shape index (κ2) is 6.89. The molecule has 21 heavy (non-hydrogen) atoms. The molecule has 116 valence electrons. The molecular weight excluding hydrogens is 269 g/mol. The van der Waals surface area contributed by atoms with Crippen LogP contribution in [0.1, 0.15) is 33.1 Å². The topological polar surface area (TPSA) is 58.4 Å². The van der Waals surface area contributed by atoms with Crippen molar-refractivity contribution in [2.75, 3.05) is 24.1 Å². The molecule has 4 nitrogen and oxygen atoms in total. The smallest absolute Gasteiger partial charge is 0.238 e. The number of benzene rings is 1. The monoisotopic (exact) mass is 293 g/mol. The highest BCUT2D eigenvalue weighted by atomic mass is 19.1. The molecule has 1 amide bonds. The number of carbonyl (C=O) groups is 1. The fourth-order valence-electron chi connectivity index (χ4n) is 2.27. The predicted octanol–water partition coefficient (Wildman–Crippen LogP) is 2.86. The average molecular weight is 293 g/mol. The molecule has 2 rings (SSSR count). The van der Waals surface area contributed by atoms with Crippen LogP contribution < -0.4 is 11.1 Å². The Labute approximate surface area is 125 Å². The maximum Gasteiger partial charge on any atom is 0.238 e. The highest BCUT2D eigenvalue weighted by molar-refractivity contribution is 5.95. The van der Waals surface area contributed by atoms with Gasteiger partial charge in [0.2, 0.25) is 5.91 Å². The average Bonchev–Trinajstić information content (AvgIpc) is 3.23. The second-order valence-electron chi connectivity index (χ2n) is 6.16. The van der Waals surface area contributed by atoms with Gasteiger partial charge in [0.1, 0.15) is 5.82 Å². The Morgan fingerprint density at radius 2 is 2.19 bits per heavy atom. The third kappa shape index (κ3) is 5.01. The molecule has 0 spiro atoms. The van der Waals surface area contributed by atoms with Gasteiger partial charge in [-0.25, -0.2) is 4.39 Å². The molecule has 0 unspecified atom stereocenters. The summed E-state index contributed by atoms with van der Waals surface area (Å²) in [5, 5.41) is 2.71. The minimum atomic E-state index is -0.404. The lowest BCUT2D eigenvalue weighted by molar-refractivity contribution is -0.117. The molecule has 1 fully saturated rings. The van der Waals surface area contributed by atoms with Gasteiger partial charge in [-0.2, -0.15) is 0 Å². The first-order valence-corrected chi connectivity index (χ1v) is 7.54. The van der Waals surface area contributed by atoms with Gasteiger partial charge in [0.25, 0.3) is 0 Å². The zero-order valence-corrected chi connectivity index (χ0v) is 12.7. The van der Waals surface area contributed by atoms with Gasteiger partial charge in [-0.05, 0) is 49.9 Å². The normalized spacial score (nSPS) is 14.7. The van der Waals surface area contributed by atoms with Crippen LogP contribution >= 0.6 is 0 Å². The molecule has 1 aromatic rings. The molecular formula is C16H24FN3O. The van der Waals surface area contributed by atoms with Crippen LogP contribution in [0.3, 0.4) is 0 Å².